The molecule has 0 aliphatic rings. The number of rotatable bonds is 11. The summed E-state index contributed by atoms with van der Waals surface area (Å²) in [6.45, 7) is 2.92. The van der Waals surface area contributed by atoms with Crippen LogP contribution < -0.4 is 10.4 Å². The van der Waals surface area contributed by atoms with Gasteiger partial charge >= 0.3 is 5.63 Å². The van der Waals surface area contributed by atoms with Gasteiger partial charge in [0.25, 0.3) is 4.90 Å². The molecular weight excluding hydrogens is 428 g/mol. The molecule has 33 heavy (non-hydrogen) atoms. The maximum atomic E-state index is 13.1. The Morgan fingerprint density at radius 3 is 2.06 bits per heavy atom. The van der Waals surface area contributed by atoms with Crippen LogP contribution in [0.5, 0.6) is 5.75 Å². The van der Waals surface area contributed by atoms with Crippen LogP contribution >= 0.6 is 0 Å². The third-order valence-corrected chi connectivity index (χ3v) is 7.83. The van der Waals surface area contributed by atoms with Crippen LogP contribution in [0.15, 0.2) is 109 Å². The van der Waals surface area contributed by atoms with Crippen LogP contribution in [0.2, 0.25) is 0 Å². The highest BCUT2D eigenvalue weighted by atomic mass is 32.2. The lowest BCUT2D eigenvalue weighted by atomic mass is 10.1. The Bertz CT molecular complexity index is 1160. The molecule has 0 saturated heterocycles. The molecule has 0 atom stereocenters. The van der Waals surface area contributed by atoms with Crippen LogP contribution in [0, 0.1) is 0 Å². The van der Waals surface area contributed by atoms with E-state index in [1.807, 2.05) is 60.7 Å². The number of fused-ring (bicyclic) bond motifs is 1. The Hall–Kier alpha value is -2.98. The van der Waals surface area contributed by atoms with Crippen LogP contribution in [0.25, 0.3) is 11.0 Å². The van der Waals surface area contributed by atoms with E-state index in [0.717, 1.165) is 27.3 Å². The van der Waals surface area contributed by atoms with Gasteiger partial charge in [-0.3, -0.25) is 0 Å². The van der Waals surface area contributed by atoms with Crippen molar-refractivity contribution in [1.82, 2.24) is 0 Å². The Morgan fingerprint density at radius 2 is 1.39 bits per heavy atom. The van der Waals surface area contributed by atoms with Crippen molar-refractivity contribution in [2.24, 2.45) is 0 Å². The molecule has 0 unspecified atom stereocenters. The lowest BCUT2D eigenvalue weighted by Gasteiger charge is -2.09. The number of unbranched alkanes of at least 4 members (excludes halogenated alkanes) is 5. The summed E-state index contributed by atoms with van der Waals surface area (Å²) in [7, 11) is -0.535. The van der Waals surface area contributed by atoms with Crippen LogP contribution in [0.3, 0.4) is 0 Å². The third-order valence-electron chi connectivity index (χ3n) is 5.62. The first-order valence-corrected chi connectivity index (χ1v) is 13.0. The van der Waals surface area contributed by atoms with Crippen molar-refractivity contribution in [1.29, 1.82) is 0 Å². The number of benzene rings is 3. The van der Waals surface area contributed by atoms with E-state index < -0.39 is 10.9 Å². The van der Waals surface area contributed by atoms with E-state index in [0.29, 0.717) is 17.1 Å². The highest BCUT2D eigenvalue weighted by Crippen LogP contribution is 2.31. The second kappa shape index (κ2) is 11.8. The van der Waals surface area contributed by atoms with Gasteiger partial charge in [-0.05, 0) is 42.8 Å². The quantitative estimate of drug-likeness (QED) is 0.131. The molecule has 4 rings (SSSR count). The average molecular weight is 460 g/mol. The Morgan fingerprint density at radius 1 is 0.758 bits per heavy atom. The first kappa shape index (κ1) is 23.2. The smallest absolute Gasteiger partial charge is 0.393 e. The predicted octanol–water partition coefficient (Wildman–Crippen LogP) is 7.63. The van der Waals surface area contributed by atoms with Gasteiger partial charge in [-0.15, -0.1) is 0 Å². The zero-order valence-corrected chi connectivity index (χ0v) is 20.0. The van der Waals surface area contributed by atoms with E-state index in [1.165, 1.54) is 32.1 Å². The third kappa shape index (κ3) is 6.08. The van der Waals surface area contributed by atoms with Crippen molar-refractivity contribution < 1.29 is 9.15 Å². The second-order valence-electron chi connectivity index (χ2n) is 8.15. The number of ether oxygens (including phenoxy) is 1. The average Bonchev–Trinajstić information content (AvgIpc) is 2.85. The first-order valence-electron chi connectivity index (χ1n) is 11.8. The van der Waals surface area contributed by atoms with Gasteiger partial charge in [-0.2, -0.15) is 0 Å². The first-order chi connectivity index (χ1) is 16.3. The lowest BCUT2D eigenvalue weighted by molar-refractivity contribution is 0.304. The Balaban J connectivity index is 1.56. The largest absolute Gasteiger partial charge is 0.493 e. The van der Waals surface area contributed by atoms with Crippen LogP contribution in [0.1, 0.15) is 45.4 Å². The van der Waals surface area contributed by atoms with Gasteiger partial charge in [0, 0.05) is 17.5 Å². The molecule has 170 valence electrons. The molecule has 4 heteroatoms. The van der Waals surface area contributed by atoms with Gasteiger partial charge in [-0.1, -0.05) is 75.4 Å². The molecule has 0 bridgehead atoms. The molecule has 1 heterocycles. The lowest BCUT2D eigenvalue weighted by Crippen LogP contribution is -2.15. The fourth-order valence-electron chi connectivity index (χ4n) is 3.88. The van der Waals surface area contributed by atoms with Crippen LogP contribution in [-0.2, 0) is 10.9 Å². The summed E-state index contributed by atoms with van der Waals surface area (Å²) in [6, 6.07) is 28.0. The van der Waals surface area contributed by atoms with Crippen LogP contribution in [0.4, 0.5) is 0 Å². The number of hydrogen-bond acceptors (Lipinski definition) is 3. The zero-order chi connectivity index (χ0) is 22.9. The summed E-state index contributed by atoms with van der Waals surface area (Å²) in [5, 5.41) is 0.904. The van der Waals surface area contributed by atoms with Gasteiger partial charge in [0.15, 0.2) is 9.79 Å². The van der Waals surface area contributed by atoms with Gasteiger partial charge in [0.05, 0.1) is 6.61 Å². The summed E-state index contributed by atoms with van der Waals surface area (Å²) < 4.78 is 11.7. The van der Waals surface area contributed by atoms with E-state index in [1.54, 1.807) is 0 Å². The van der Waals surface area contributed by atoms with Crippen LogP contribution in [-0.4, -0.2) is 6.61 Å². The highest BCUT2D eigenvalue weighted by Gasteiger charge is 2.32. The monoisotopic (exact) mass is 459 g/mol. The van der Waals surface area contributed by atoms with Gasteiger partial charge in [0.1, 0.15) is 22.2 Å². The maximum absolute atomic E-state index is 13.1. The van der Waals surface area contributed by atoms with Crippen molar-refractivity contribution in [3.05, 3.63) is 95.3 Å². The SMILES string of the molecule is CCCCCCCCOc1ccc2cc([S+](c3ccccc3)c3ccccc3)c(=O)oc2c1. The predicted molar refractivity (Wildman–Crippen MR) is 136 cm³/mol. The molecule has 1 aromatic heterocycles. The van der Waals surface area contributed by atoms with Crippen molar-refractivity contribution in [3.8, 4) is 5.75 Å². The summed E-state index contributed by atoms with van der Waals surface area (Å²) in [5.74, 6) is 0.747. The second-order valence-corrected chi connectivity index (χ2v) is 10.1. The standard InChI is InChI=1S/C29H31O3S/c1-2-3-4-5-6-13-20-31-24-19-18-23-21-28(29(30)32-27(23)22-24)33(25-14-9-7-10-15-25)26-16-11-8-12-17-26/h7-12,14-19,21-22H,2-6,13,20H2,1H3/q+1. The van der Waals surface area contributed by atoms with E-state index >= 15 is 0 Å². The molecule has 0 fully saturated rings. The van der Waals surface area contributed by atoms with Crippen molar-refractivity contribution in [3.63, 3.8) is 0 Å². The van der Waals surface area contributed by atoms with E-state index in [9.17, 15) is 4.79 Å². The molecular formula is C29H31O3S+. The molecule has 0 amide bonds. The molecule has 3 aromatic carbocycles. The number of hydrogen-bond donors (Lipinski definition) is 0. The highest BCUT2D eigenvalue weighted by molar-refractivity contribution is 7.97. The topological polar surface area (TPSA) is 39.4 Å². The van der Waals surface area contributed by atoms with Crippen molar-refractivity contribution in [2.45, 2.75) is 60.1 Å². The van der Waals surface area contributed by atoms with Gasteiger partial charge in [0.2, 0.25) is 0 Å². The van der Waals surface area contributed by atoms with E-state index in [-0.39, 0.29) is 5.63 Å². The minimum Gasteiger partial charge on any atom is -0.493 e. The molecule has 0 saturated carbocycles. The fraction of sp³-hybridized carbons (Fsp3) is 0.276. The summed E-state index contributed by atoms with van der Waals surface area (Å²) in [5.41, 5.74) is 0.264. The summed E-state index contributed by atoms with van der Waals surface area (Å²) in [4.78, 5) is 16.0. The van der Waals surface area contributed by atoms with Crippen molar-refractivity contribution in [2.75, 3.05) is 6.61 Å². The zero-order valence-electron chi connectivity index (χ0n) is 19.2. The Labute approximate surface area is 198 Å². The molecule has 4 aromatic rings. The molecule has 0 spiro atoms. The minimum absolute atomic E-state index is 0.299. The summed E-state index contributed by atoms with van der Waals surface area (Å²) >= 11 is 0. The minimum atomic E-state index is -0.535. The van der Waals surface area contributed by atoms with Crippen molar-refractivity contribution >= 4 is 21.9 Å². The molecule has 0 radical (unpaired) electrons. The van der Waals surface area contributed by atoms with E-state index in [2.05, 4.69) is 31.2 Å². The summed E-state index contributed by atoms with van der Waals surface area (Å²) in [6.07, 6.45) is 7.36. The van der Waals surface area contributed by atoms with Gasteiger partial charge < -0.3 is 9.15 Å². The Kier molecular flexibility index (Phi) is 8.26. The van der Waals surface area contributed by atoms with Gasteiger partial charge in [-0.25, -0.2) is 4.79 Å². The fourth-order valence-corrected chi connectivity index (χ4v) is 5.97. The molecule has 0 aliphatic carbocycles. The normalized spacial score (nSPS) is 11.2. The maximum Gasteiger partial charge on any atom is 0.393 e. The molecule has 3 nitrogen and oxygen atoms in total. The van der Waals surface area contributed by atoms with E-state index in [4.69, 9.17) is 9.15 Å². The molecule has 0 N–H and O–H groups in total. The molecule has 0 aliphatic heterocycles.